The van der Waals surface area contributed by atoms with Crippen molar-refractivity contribution in [3.8, 4) is 0 Å². The fraction of sp³-hybridized carbons (Fsp3) is 0.533. The van der Waals surface area contributed by atoms with Crippen LogP contribution in [-0.4, -0.2) is 41.0 Å². The number of thioether (sulfide) groups is 1. The Balaban J connectivity index is 1.88. The zero-order chi connectivity index (χ0) is 15.9. The summed E-state index contributed by atoms with van der Waals surface area (Å²) in [5.41, 5.74) is 0.594. The van der Waals surface area contributed by atoms with Crippen LogP contribution in [0.15, 0.2) is 29.2 Å². The molecule has 0 saturated heterocycles. The minimum absolute atomic E-state index is 0.128. The van der Waals surface area contributed by atoms with E-state index in [0.717, 1.165) is 19.3 Å². The summed E-state index contributed by atoms with van der Waals surface area (Å²) in [5.74, 6) is -2.45. The second-order valence-electron chi connectivity index (χ2n) is 5.19. The van der Waals surface area contributed by atoms with Crippen molar-refractivity contribution in [3.05, 3.63) is 24.3 Å². The van der Waals surface area contributed by atoms with Gasteiger partial charge in [0, 0.05) is 29.8 Å². The molecule has 0 unspecified atom stereocenters. The molecule has 22 heavy (non-hydrogen) atoms. The van der Waals surface area contributed by atoms with Gasteiger partial charge in [0.25, 0.3) is 5.76 Å². The quantitative estimate of drug-likeness (QED) is 0.563. The van der Waals surface area contributed by atoms with Crippen molar-refractivity contribution < 1.29 is 18.7 Å². The van der Waals surface area contributed by atoms with Crippen LogP contribution in [0.5, 0.6) is 0 Å². The highest BCUT2D eigenvalue weighted by molar-refractivity contribution is 7.99. The lowest BCUT2D eigenvalue weighted by atomic mass is 10.3. The molecule has 4 nitrogen and oxygen atoms in total. The normalized spacial score (nSPS) is 14.2. The van der Waals surface area contributed by atoms with E-state index in [1.54, 1.807) is 29.2 Å². The Morgan fingerprint density at radius 2 is 2.00 bits per heavy atom. The van der Waals surface area contributed by atoms with E-state index < -0.39 is 5.76 Å². The third-order valence-electron chi connectivity index (χ3n) is 3.39. The number of urea groups is 1. The summed E-state index contributed by atoms with van der Waals surface area (Å²) in [5, 5.41) is 11.6. The van der Waals surface area contributed by atoms with Gasteiger partial charge in [-0.15, -0.1) is 0 Å². The van der Waals surface area contributed by atoms with Gasteiger partial charge in [-0.25, -0.2) is 4.79 Å². The summed E-state index contributed by atoms with van der Waals surface area (Å²) in [4.78, 5) is 14.5. The molecule has 0 aromatic heterocycles. The van der Waals surface area contributed by atoms with Crippen molar-refractivity contribution in [2.45, 2.75) is 42.4 Å². The van der Waals surface area contributed by atoms with Crippen molar-refractivity contribution >= 4 is 23.5 Å². The lowest BCUT2D eigenvalue weighted by molar-refractivity contribution is 0.204. The molecule has 2 rings (SSSR count). The molecule has 0 atom stereocenters. The van der Waals surface area contributed by atoms with E-state index in [0.29, 0.717) is 35.3 Å². The van der Waals surface area contributed by atoms with Crippen LogP contribution in [0.3, 0.4) is 0 Å². The average molecular weight is 330 g/mol. The number of unbranched alkanes of at least 4 members (excludes halogenated alkanes) is 1. The van der Waals surface area contributed by atoms with E-state index in [1.165, 1.54) is 0 Å². The average Bonchev–Trinajstić information content (AvgIpc) is 3.29. The maximum absolute atomic E-state index is 12.3. The first-order valence-corrected chi connectivity index (χ1v) is 8.21. The number of alkyl halides is 2. The third kappa shape index (κ3) is 5.46. The fourth-order valence-corrected chi connectivity index (χ4v) is 2.64. The number of nitrogens with one attached hydrogen (secondary N) is 1. The highest BCUT2D eigenvalue weighted by Gasteiger charge is 2.32. The molecule has 2 amide bonds. The Hall–Kier alpha value is -1.34. The van der Waals surface area contributed by atoms with Gasteiger partial charge in [-0.3, -0.25) is 0 Å². The van der Waals surface area contributed by atoms with Gasteiger partial charge in [-0.05, 0) is 49.9 Å². The molecule has 1 saturated carbocycles. The molecule has 1 aliphatic rings. The molecule has 122 valence electrons. The maximum Gasteiger partial charge on any atom is 0.322 e. The van der Waals surface area contributed by atoms with Crippen LogP contribution in [0.4, 0.5) is 19.3 Å². The Labute approximate surface area is 132 Å². The molecule has 0 bridgehead atoms. The van der Waals surface area contributed by atoms with Crippen LogP contribution >= 0.6 is 11.8 Å². The number of aliphatic hydroxyl groups excluding tert-OH is 1. The molecular weight excluding hydrogens is 310 g/mol. The predicted molar refractivity (Wildman–Crippen MR) is 83.4 cm³/mol. The second-order valence-corrected chi connectivity index (χ2v) is 6.25. The van der Waals surface area contributed by atoms with Crippen molar-refractivity contribution in [1.29, 1.82) is 0 Å². The number of amides is 2. The van der Waals surface area contributed by atoms with Gasteiger partial charge in [0.05, 0.1) is 0 Å². The molecule has 7 heteroatoms. The number of carbonyl (C=O) groups is 1. The van der Waals surface area contributed by atoms with E-state index in [-0.39, 0.29) is 18.7 Å². The number of hydrogen-bond acceptors (Lipinski definition) is 3. The fourth-order valence-electron chi connectivity index (χ4n) is 2.15. The topological polar surface area (TPSA) is 52.6 Å². The summed E-state index contributed by atoms with van der Waals surface area (Å²) >= 11 is 0.481. The first-order chi connectivity index (χ1) is 10.6. The highest BCUT2D eigenvalue weighted by atomic mass is 32.2. The molecular formula is C15H20F2N2O2S. The lowest BCUT2D eigenvalue weighted by Crippen LogP contribution is -2.37. The Bertz CT molecular complexity index is 481. The van der Waals surface area contributed by atoms with Crippen LogP contribution in [0.1, 0.15) is 25.7 Å². The van der Waals surface area contributed by atoms with Crippen molar-refractivity contribution in [3.63, 3.8) is 0 Å². The number of halogens is 2. The van der Waals surface area contributed by atoms with E-state index in [2.05, 4.69) is 5.32 Å². The van der Waals surface area contributed by atoms with Gasteiger partial charge in [-0.2, -0.15) is 8.78 Å². The van der Waals surface area contributed by atoms with Crippen molar-refractivity contribution in [2.75, 3.05) is 18.5 Å². The minimum atomic E-state index is -2.45. The van der Waals surface area contributed by atoms with E-state index >= 15 is 0 Å². The van der Waals surface area contributed by atoms with Crippen LogP contribution < -0.4 is 5.32 Å². The molecule has 0 radical (unpaired) electrons. The number of rotatable bonds is 8. The molecule has 0 aliphatic heterocycles. The van der Waals surface area contributed by atoms with Gasteiger partial charge < -0.3 is 15.3 Å². The predicted octanol–water partition coefficient (Wildman–Crippen LogP) is 3.77. The second kappa shape index (κ2) is 8.33. The number of anilines is 1. The number of benzene rings is 1. The lowest BCUT2D eigenvalue weighted by Gasteiger charge is -2.22. The summed E-state index contributed by atoms with van der Waals surface area (Å²) < 4.78 is 24.5. The van der Waals surface area contributed by atoms with Crippen LogP contribution in [-0.2, 0) is 0 Å². The van der Waals surface area contributed by atoms with Gasteiger partial charge >= 0.3 is 6.03 Å². The van der Waals surface area contributed by atoms with Gasteiger partial charge in [0.2, 0.25) is 0 Å². The van der Waals surface area contributed by atoms with E-state index in [4.69, 9.17) is 5.11 Å². The number of aliphatic hydroxyl groups is 1. The maximum atomic E-state index is 12.3. The Morgan fingerprint density at radius 1 is 1.32 bits per heavy atom. The summed E-state index contributed by atoms with van der Waals surface area (Å²) in [7, 11) is 0. The SMILES string of the molecule is O=C(Nc1ccc(SC(F)F)cc1)N(CCCCO)C1CC1. The number of hydrogen-bond donors (Lipinski definition) is 2. The largest absolute Gasteiger partial charge is 0.396 e. The van der Waals surface area contributed by atoms with Gasteiger partial charge in [0.15, 0.2) is 0 Å². The smallest absolute Gasteiger partial charge is 0.322 e. The van der Waals surface area contributed by atoms with Crippen LogP contribution in [0.25, 0.3) is 0 Å². The van der Waals surface area contributed by atoms with Crippen LogP contribution in [0.2, 0.25) is 0 Å². The Morgan fingerprint density at radius 3 is 2.55 bits per heavy atom. The standard InChI is InChI=1S/C15H20F2N2O2S/c16-14(17)22-13-7-3-11(4-8-13)18-15(21)19(12-5-6-12)9-1-2-10-20/h3-4,7-8,12,14,20H,1-2,5-6,9-10H2,(H,18,21). The number of carbonyl (C=O) groups excluding carboxylic acids is 1. The molecule has 1 aromatic carbocycles. The summed E-state index contributed by atoms with van der Waals surface area (Å²) in [6.45, 7) is 0.750. The van der Waals surface area contributed by atoms with Crippen molar-refractivity contribution in [1.82, 2.24) is 4.90 Å². The van der Waals surface area contributed by atoms with E-state index in [9.17, 15) is 13.6 Å². The highest BCUT2D eigenvalue weighted by Crippen LogP contribution is 2.29. The minimum Gasteiger partial charge on any atom is -0.396 e. The number of nitrogens with zero attached hydrogens (tertiary/aromatic N) is 1. The van der Waals surface area contributed by atoms with E-state index in [1.807, 2.05) is 0 Å². The first kappa shape index (κ1) is 17.0. The molecule has 1 aliphatic carbocycles. The third-order valence-corrected chi connectivity index (χ3v) is 4.11. The van der Waals surface area contributed by atoms with Crippen molar-refractivity contribution in [2.24, 2.45) is 0 Å². The molecule has 1 fully saturated rings. The van der Waals surface area contributed by atoms with Gasteiger partial charge in [-0.1, -0.05) is 11.8 Å². The zero-order valence-corrected chi connectivity index (χ0v) is 13.0. The molecule has 1 aromatic rings. The summed E-state index contributed by atoms with van der Waals surface area (Å²) in [6, 6.07) is 6.50. The van der Waals surface area contributed by atoms with Crippen LogP contribution in [0, 0.1) is 0 Å². The first-order valence-electron chi connectivity index (χ1n) is 7.33. The summed E-state index contributed by atoms with van der Waals surface area (Å²) in [6.07, 6.45) is 3.47. The monoisotopic (exact) mass is 330 g/mol. The molecule has 2 N–H and O–H groups in total. The van der Waals surface area contributed by atoms with Gasteiger partial charge in [0.1, 0.15) is 0 Å². The molecule has 0 heterocycles. The molecule has 0 spiro atoms. The zero-order valence-electron chi connectivity index (χ0n) is 12.2. The Kier molecular flexibility index (Phi) is 6.45.